The van der Waals surface area contributed by atoms with Gasteiger partial charge < -0.3 is 10.6 Å². The van der Waals surface area contributed by atoms with Gasteiger partial charge in [-0.15, -0.1) is 0 Å². The average Bonchev–Trinajstić information content (AvgIpc) is 2.78. The van der Waals surface area contributed by atoms with Crippen LogP contribution in [0.2, 0.25) is 0 Å². The van der Waals surface area contributed by atoms with E-state index in [2.05, 4.69) is 53.2 Å². The van der Waals surface area contributed by atoms with Crippen LogP contribution in [0.1, 0.15) is 24.1 Å². The molecule has 0 bridgehead atoms. The molecule has 2 unspecified atom stereocenters. The fraction of sp³-hybridized carbons (Fsp3) is 0.312. The van der Waals surface area contributed by atoms with E-state index in [0.717, 1.165) is 6.42 Å². The number of rotatable bonds is 3. The van der Waals surface area contributed by atoms with E-state index in [1.165, 1.54) is 16.8 Å². The Kier molecular flexibility index (Phi) is 3.22. The van der Waals surface area contributed by atoms with Crippen LogP contribution < -0.4 is 10.6 Å². The van der Waals surface area contributed by atoms with Gasteiger partial charge in [0, 0.05) is 30.7 Å². The maximum Gasteiger partial charge on any atom is 0.0669 e. The van der Waals surface area contributed by atoms with Crippen molar-refractivity contribution in [3.05, 3.63) is 59.9 Å². The highest BCUT2D eigenvalue weighted by Crippen LogP contribution is 2.37. The first kappa shape index (κ1) is 12.2. The molecule has 1 aliphatic heterocycles. The predicted molar refractivity (Wildman–Crippen MR) is 78.1 cm³/mol. The molecule has 3 rings (SSSR count). The van der Waals surface area contributed by atoms with Crippen LogP contribution in [0.15, 0.2) is 48.8 Å². The topological polar surface area (TPSA) is 42.1 Å². The second-order valence-corrected chi connectivity index (χ2v) is 5.12. The molecule has 2 aromatic rings. The van der Waals surface area contributed by atoms with Gasteiger partial charge in [0.2, 0.25) is 0 Å². The first-order valence-electron chi connectivity index (χ1n) is 6.77. The molecule has 0 aliphatic carbocycles. The first-order valence-corrected chi connectivity index (χ1v) is 6.77. The number of anilines is 1. The molecule has 0 spiro atoms. The molecule has 2 atom stereocenters. The molecule has 3 nitrogen and oxygen atoms in total. The Balaban J connectivity index is 2.01. The second kappa shape index (κ2) is 5.02. The summed E-state index contributed by atoms with van der Waals surface area (Å²) in [5.41, 5.74) is 10.0. The van der Waals surface area contributed by atoms with Gasteiger partial charge in [0.15, 0.2) is 0 Å². The van der Waals surface area contributed by atoms with Gasteiger partial charge >= 0.3 is 0 Å². The van der Waals surface area contributed by atoms with Crippen LogP contribution in [0.5, 0.6) is 0 Å². The molecule has 2 heterocycles. The third-order valence-electron chi connectivity index (χ3n) is 3.91. The van der Waals surface area contributed by atoms with E-state index in [9.17, 15) is 0 Å². The van der Waals surface area contributed by atoms with Crippen LogP contribution in [0, 0.1) is 0 Å². The number of benzene rings is 1. The molecule has 1 aliphatic rings. The standard InChI is InChI=1S/C16H19N3/c1-12-10-14-4-2-3-5-15(14)19(12)16(11-17)13-6-8-18-9-7-13/h2-9,12,16H,10-11,17H2,1H3. The van der Waals surface area contributed by atoms with Crippen LogP contribution in [-0.2, 0) is 6.42 Å². The van der Waals surface area contributed by atoms with Gasteiger partial charge in [0.05, 0.1) is 6.04 Å². The van der Waals surface area contributed by atoms with E-state index >= 15 is 0 Å². The molecule has 0 saturated heterocycles. The van der Waals surface area contributed by atoms with E-state index in [1.54, 1.807) is 0 Å². The molecule has 98 valence electrons. The van der Waals surface area contributed by atoms with E-state index in [0.29, 0.717) is 12.6 Å². The van der Waals surface area contributed by atoms with Crippen molar-refractivity contribution in [2.45, 2.75) is 25.4 Å². The summed E-state index contributed by atoms with van der Waals surface area (Å²) in [4.78, 5) is 6.54. The lowest BCUT2D eigenvalue weighted by atomic mass is 10.1. The van der Waals surface area contributed by atoms with Crippen molar-refractivity contribution in [3.63, 3.8) is 0 Å². The van der Waals surface area contributed by atoms with Crippen LogP contribution in [0.25, 0.3) is 0 Å². The minimum absolute atomic E-state index is 0.224. The van der Waals surface area contributed by atoms with E-state index in [-0.39, 0.29) is 6.04 Å². The van der Waals surface area contributed by atoms with Gasteiger partial charge in [-0.05, 0) is 42.7 Å². The fourth-order valence-electron chi connectivity index (χ4n) is 3.06. The number of fused-ring (bicyclic) bond motifs is 1. The monoisotopic (exact) mass is 253 g/mol. The quantitative estimate of drug-likeness (QED) is 0.914. The number of para-hydroxylation sites is 1. The van der Waals surface area contributed by atoms with Crippen LogP contribution in [0.3, 0.4) is 0 Å². The van der Waals surface area contributed by atoms with Crippen LogP contribution in [-0.4, -0.2) is 17.6 Å². The van der Waals surface area contributed by atoms with Crippen LogP contribution in [0.4, 0.5) is 5.69 Å². The number of hydrogen-bond donors (Lipinski definition) is 1. The molecule has 0 fully saturated rings. The SMILES string of the molecule is CC1Cc2ccccc2N1C(CN)c1ccncc1. The lowest BCUT2D eigenvalue weighted by molar-refractivity contribution is 0.568. The summed E-state index contributed by atoms with van der Waals surface area (Å²) in [5.74, 6) is 0. The highest BCUT2D eigenvalue weighted by atomic mass is 15.2. The Morgan fingerprint density at radius 3 is 2.74 bits per heavy atom. The molecular formula is C16H19N3. The van der Waals surface area contributed by atoms with Gasteiger partial charge in [-0.25, -0.2) is 0 Å². The van der Waals surface area contributed by atoms with Gasteiger partial charge in [0.1, 0.15) is 0 Å². The second-order valence-electron chi connectivity index (χ2n) is 5.12. The maximum atomic E-state index is 6.04. The van der Waals surface area contributed by atoms with Crippen molar-refractivity contribution in [1.29, 1.82) is 0 Å². The largest absolute Gasteiger partial charge is 0.360 e. The van der Waals surface area contributed by atoms with Gasteiger partial charge in [0.25, 0.3) is 0 Å². The number of pyridine rings is 1. The summed E-state index contributed by atoms with van der Waals surface area (Å²) >= 11 is 0. The summed E-state index contributed by atoms with van der Waals surface area (Å²) in [5, 5.41) is 0. The maximum absolute atomic E-state index is 6.04. The minimum atomic E-state index is 0.224. The van der Waals surface area contributed by atoms with Crippen molar-refractivity contribution in [3.8, 4) is 0 Å². The van der Waals surface area contributed by atoms with Gasteiger partial charge in [-0.2, -0.15) is 0 Å². The number of aromatic nitrogens is 1. The van der Waals surface area contributed by atoms with Crippen LogP contribution >= 0.6 is 0 Å². The molecule has 0 radical (unpaired) electrons. The predicted octanol–water partition coefficient (Wildman–Crippen LogP) is 2.53. The van der Waals surface area contributed by atoms with Crippen molar-refractivity contribution in [2.75, 3.05) is 11.4 Å². The summed E-state index contributed by atoms with van der Waals surface area (Å²) in [6.07, 6.45) is 4.77. The third kappa shape index (κ3) is 2.10. The lowest BCUT2D eigenvalue weighted by Gasteiger charge is -2.33. The summed E-state index contributed by atoms with van der Waals surface area (Å²) < 4.78 is 0. The van der Waals surface area contributed by atoms with E-state index in [4.69, 9.17) is 5.73 Å². The smallest absolute Gasteiger partial charge is 0.0669 e. The minimum Gasteiger partial charge on any atom is -0.360 e. The van der Waals surface area contributed by atoms with Crippen molar-refractivity contribution in [2.24, 2.45) is 5.73 Å². The van der Waals surface area contributed by atoms with Crippen molar-refractivity contribution < 1.29 is 0 Å². The highest BCUT2D eigenvalue weighted by molar-refractivity contribution is 5.60. The molecule has 0 saturated carbocycles. The summed E-state index contributed by atoms with van der Waals surface area (Å²) in [6.45, 7) is 2.88. The molecule has 1 aromatic heterocycles. The zero-order valence-corrected chi connectivity index (χ0v) is 11.2. The lowest BCUT2D eigenvalue weighted by Crippen LogP contribution is -2.37. The Morgan fingerprint density at radius 2 is 2.00 bits per heavy atom. The van der Waals surface area contributed by atoms with E-state index < -0.39 is 0 Å². The summed E-state index contributed by atoms with van der Waals surface area (Å²) in [6, 6.07) is 13.5. The van der Waals surface area contributed by atoms with Crippen molar-refractivity contribution in [1.82, 2.24) is 4.98 Å². The van der Waals surface area contributed by atoms with Crippen molar-refractivity contribution >= 4 is 5.69 Å². The zero-order chi connectivity index (χ0) is 13.2. The molecular weight excluding hydrogens is 234 g/mol. The van der Waals surface area contributed by atoms with Gasteiger partial charge in [-0.1, -0.05) is 18.2 Å². The Bertz CT molecular complexity index is 553. The van der Waals surface area contributed by atoms with E-state index in [1.807, 2.05) is 12.4 Å². The molecule has 0 amide bonds. The zero-order valence-electron chi connectivity index (χ0n) is 11.2. The Hall–Kier alpha value is -1.87. The highest BCUT2D eigenvalue weighted by Gasteiger charge is 2.31. The molecule has 2 N–H and O–H groups in total. The summed E-state index contributed by atoms with van der Waals surface area (Å²) in [7, 11) is 0. The number of nitrogens with zero attached hydrogens (tertiary/aromatic N) is 2. The third-order valence-corrected chi connectivity index (χ3v) is 3.91. The first-order chi connectivity index (χ1) is 9.31. The normalized spacial score (nSPS) is 19.3. The Morgan fingerprint density at radius 1 is 1.26 bits per heavy atom. The number of nitrogens with two attached hydrogens (primary N) is 1. The molecule has 3 heteroatoms. The molecule has 1 aromatic carbocycles. The molecule has 19 heavy (non-hydrogen) atoms. The Labute approximate surface area is 114 Å². The average molecular weight is 253 g/mol. The van der Waals surface area contributed by atoms with Gasteiger partial charge in [-0.3, -0.25) is 4.98 Å². The number of hydrogen-bond acceptors (Lipinski definition) is 3. The fourth-order valence-corrected chi connectivity index (χ4v) is 3.06.